The number of aromatic nitrogens is 1. The Bertz CT molecular complexity index is 294. The Morgan fingerprint density at radius 1 is 1.50 bits per heavy atom. The minimum absolute atomic E-state index is 0.0597. The van der Waals surface area contributed by atoms with Crippen LogP contribution in [0.15, 0.2) is 25.0 Å². The zero-order valence-corrected chi connectivity index (χ0v) is 6.72. The maximum Gasteiger partial charge on any atom is 0.265 e. The zero-order valence-electron chi connectivity index (χ0n) is 6.72. The van der Waals surface area contributed by atoms with Crippen LogP contribution in [0.1, 0.15) is 24.5 Å². The normalized spacial score (nSPS) is 10.3. The number of hydrogen-bond donors (Lipinski definition) is 0. The molecule has 0 bridgehead atoms. The summed E-state index contributed by atoms with van der Waals surface area (Å²) in [6.07, 6.45) is 0.225. The number of alkyl halides is 2. The number of halogens is 2. The van der Waals surface area contributed by atoms with Crippen LogP contribution in [-0.2, 0) is 0 Å². The van der Waals surface area contributed by atoms with Crippen molar-refractivity contribution >= 4 is 5.57 Å². The first-order valence-corrected chi connectivity index (χ1v) is 3.50. The molecular formula is C9H9F2N. The molecule has 1 heterocycles. The molecule has 0 radical (unpaired) electrons. The SMILES string of the molecule is C=C(C)c1cncc(C(F)F)c1. The van der Waals surface area contributed by atoms with Gasteiger partial charge in [-0.15, -0.1) is 0 Å². The van der Waals surface area contributed by atoms with Crippen LogP contribution < -0.4 is 0 Å². The molecule has 3 heteroatoms. The van der Waals surface area contributed by atoms with Crippen molar-refractivity contribution in [3.63, 3.8) is 0 Å². The first-order chi connectivity index (χ1) is 5.61. The molecule has 0 spiro atoms. The van der Waals surface area contributed by atoms with E-state index in [0.717, 1.165) is 11.8 Å². The van der Waals surface area contributed by atoms with Crippen molar-refractivity contribution in [1.29, 1.82) is 0 Å². The Morgan fingerprint density at radius 3 is 2.67 bits per heavy atom. The molecule has 0 amide bonds. The minimum atomic E-state index is -2.46. The van der Waals surface area contributed by atoms with Gasteiger partial charge in [0.15, 0.2) is 0 Å². The molecular weight excluding hydrogens is 160 g/mol. The molecule has 0 saturated heterocycles. The lowest BCUT2D eigenvalue weighted by Crippen LogP contribution is -1.88. The van der Waals surface area contributed by atoms with E-state index in [2.05, 4.69) is 11.6 Å². The standard InChI is InChI=1S/C9H9F2N/c1-6(2)7-3-8(9(10)11)5-12-4-7/h3-5,9H,1H2,2H3. The molecule has 0 N–H and O–H groups in total. The molecule has 1 nitrogen and oxygen atoms in total. The van der Waals surface area contributed by atoms with Gasteiger partial charge in [-0.05, 0) is 24.1 Å². The van der Waals surface area contributed by atoms with Gasteiger partial charge >= 0.3 is 0 Å². The van der Waals surface area contributed by atoms with Crippen LogP contribution in [-0.4, -0.2) is 4.98 Å². The quantitative estimate of drug-likeness (QED) is 0.663. The number of allylic oxidation sites excluding steroid dienone is 1. The molecule has 0 saturated carbocycles. The summed E-state index contributed by atoms with van der Waals surface area (Å²) in [4.78, 5) is 3.69. The van der Waals surface area contributed by atoms with Gasteiger partial charge in [0.2, 0.25) is 0 Å². The third kappa shape index (κ3) is 1.87. The summed E-state index contributed by atoms with van der Waals surface area (Å²) in [5.41, 5.74) is 1.34. The zero-order chi connectivity index (χ0) is 9.14. The lowest BCUT2D eigenvalue weighted by Gasteiger charge is -2.02. The molecule has 1 rings (SSSR count). The molecule has 0 atom stereocenters. The van der Waals surface area contributed by atoms with E-state index in [-0.39, 0.29) is 5.56 Å². The van der Waals surface area contributed by atoms with Gasteiger partial charge in [0.25, 0.3) is 6.43 Å². The fraction of sp³-hybridized carbons (Fsp3) is 0.222. The van der Waals surface area contributed by atoms with Crippen molar-refractivity contribution in [3.05, 3.63) is 36.2 Å². The van der Waals surface area contributed by atoms with E-state index >= 15 is 0 Å². The van der Waals surface area contributed by atoms with E-state index in [9.17, 15) is 8.78 Å². The highest BCUT2D eigenvalue weighted by Gasteiger charge is 2.07. The highest BCUT2D eigenvalue weighted by molar-refractivity contribution is 5.60. The van der Waals surface area contributed by atoms with Gasteiger partial charge in [-0.25, -0.2) is 8.78 Å². The first kappa shape index (κ1) is 8.84. The van der Waals surface area contributed by atoms with Gasteiger partial charge in [-0.2, -0.15) is 0 Å². The summed E-state index contributed by atoms with van der Waals surface area (Å²) in [6.45, 7) is 5.40. The summed E-state index contributed by atoms with van der Waals surface area (Å²) in [5, 5.41) is 0. The fourth-order valence-corrected chi connectivity index (χ4v) is 0.810. The second-order valence-electron chi connectivity index (χ2n) is 2.59. The predicted octanol–water partition coefficient (Wildman–Crippen LogP) is 3.05. The van der Waals surface area contributed by atoms with Crippen LogP contribution in [0.4, 0.5) is 8.78 Å². The molecule has 0 aliphatic heterocycles. The van der Waals surface area contributed by atoms with Crippen LogP contribution in [0, 0.1) is 0 Å². The largest absolute Gasteiger partial charge is 0.265 e. The average Bonchev–Trinajstić information content (AvgIpc) is 2.04. The third-order valence-corrected chi connectivity index (χ3v) is 1.50. The molecule has 1 aromatic heterocycles. The fourth-order valence-electron chi connectivity index (χ4n) is 0.810. The summed E-state index contributed by atoms with van der Waals surface area (Å²) >= 11 is 0. The van der Waals surface area contributed by atoms with Gasteiger partial charge in [0.05, 0.1) is 0 Å². The van der Waals surface area contributed by atoms with Gasteiger partial charge < -0.3 is 0 Å². The monoisotopic (exact) mass is 169 g/mol. The predicted molar refractivity (Wildman–Crippen MR) is 43.9 cm³/mol. The Morgan fingerprint density at radius 2 is 2.17 bits per heavy atom. The van der Waals surface area contributed by atoms with Crippen molar-refractivity contribution in [2.45, 2.75) is 13.3 Å². The van der Waals surface area contributed by atoms with E-state index in [4.69, 9.17) is 0 Å². The minimum Gasteiger partial charge on any atom is -0.264 e. The highest BCUT2D eigenvalue weighted by atomic mass is 19.3. The molecule has 64 valence electrons. The van der Waals surface area contributed by atoms with E-state index in [1.54, 1.807) is 6.92 Å². The number of hydrogen-bond acceptors (Lipinski definition) is 1. The summed E-state index contributed by atoms with van der Waals surface area (Å²) in [6, 6.07) is 1.40. The molecule has 0 unspecified atom stereocenters. The molecule has 12 heavy (non-hydrogen) atoms. The first-order valence-electron chi connectivity index (χ1n) is 3.50. The number of nitrogens with zero attached hydrogens (tertiary/aromatic N) is 1. The summed E-state index contributed by atoms with van der Waals surface area (Å²) in [7, 11) is 0. The van der Waals surface area contributed by atoms with Crippen LogP contribution in [0.5, 0.6) is 0 Å². The van der Waals surface area contributed by atoms with E-state index < -0.39 is 6.43 Å². The van der Waals surface area contributed by atoms with Gasteiger partial charge in [0, 0.05) is 18.0 Å². The molecule has 0 aromatic carbocycles. The van der Waals surface area contributed by atoms with Crippen molar-refractivity contribution in [2.75, 3.05) is 0 Å². The summed E-state index contributed by atoms with van der Waals surface area (Å²) in [5.74, 6) is 0. The Hall–Kier alpha value is -1.25. The lowest BCUT2D eigenvalue weighted by molar-refractivity contribution is 0.151. The van der Waals surface area contributed by atoms with Crippen LogP contribution in [0.25, 0.3) is 5.57 Å². The topological polar surface area (TPSA) is 12.9 Å². The molecule has 0 fully saturated rings. The van der Waals surface area contributed by atoms with E-state index in [1.165, 1.54) is 12.3 Å². The summed E-state index contributed by atoms with van der Waals surface area (Å²) < 4.78 is 24.3. The maximum absolute atomic E-state index is 12.1. The maximum atomic E-state index is 12.1. The number of rotatable bonds is 2. The smallest absolute Gasteiger partial charge is 0.264 e. The molecule has 0 aliphatic carbocycles. The van der Waals surface area contributed by atoms with Gasteiger partial charge in [-0.1, -0.05) is 6.58 Å². The van der Waals surface area contributed by atoms with Crippen molar-refractivity contribution < 1.29 is 8.78 Å². The Balaban J connectivity index is 3.04. The molecule has 0 aliphatic rings. The second kappa shape index (κ2) is 3.43. The second-order valence-corrected chi connectivity index (χ2v) is 2.59. The van der Waals surface area contributed by atoms with Gasteiger partial charge in [-0.3, -0.25) is 4.98 Å². The van der Waals surface area contributed by atoms with Crippen LogP contribution >= 0.6 is 0 Å². The lowest BCUT2D eigenvalue weighted by atomic mass is 10.1. The van der Waals surface area contributed by atoms with Crippen molar-refractivity contribution in [2.24, 2.45) is 0 Å². The highest BCUT2D eigenvalue weighted by Crippen LogP contribution is 2.20. The van der Waals surface area contributed by atoms with Crippen LogP contribution in [0.2, 0.25) is 0 Å². The number of pyridine rings is 1. The Kier molecular flexibility index (Phi) is 2.53. The van der Waals surface area contributed by atoms with Crippen molar-refractivity contribution in [3.8, 4) is 0 Å². The molecule has 1 aromatic rings. The third-order valence-electron chi connectivity index (χ3n) is 1.50. The van der Waals surface area contributed by atoms with E-state index in [0.29, 0.717) is 5.56 Å². The van der Waals surface area contributed by atoms with Gasteiger partial charge in [0.1, 0.15) is 0 Å². The van der Waals surface area contributed by atoms with E-state index in [1.807, 2.05) is 0 Å². The van der Waals surface area contributed by atoms with Crippen molar-refractivity contribution in [1.82, 2.24) is 4.98 Å². The Labute approximate surface area is 69.8 Å². The average molecular weight is 169 g/mol. The van der Waals surface area contributed by atoms with Crippen LogP contribution in [0.3, 0.4) is 0 Å².